The van der Waals surface area contributed by atoms with Gasteiger partial charge >= 0.3 is 0 Å². The SMILES string of the molecule is CC(C)(C)C=NOCC1=CCCC(C)(C)C1. The third-order valence-electron chi connectivity index (χ3n) is 2.72. The number of nitrogens with zero attached hydrogens (tertiary/aromatic N) is 1. The van der Waals surface area contributed by atoms with Crippen LogP contribution in [0.15, 0.2) is 16.8 Å². The highest BCUT2D eigenvalue weighted by Gasteiger charge is 2.22. The van der Waals surface area contributed by atoms with Crippen molar-refractivity contribution in [1.29, 1.82) is 0 Å². The maximum Gasteiger partial charge on any atom is 0.138 e. The van der Waals surface area contributed by atoms with Crippen LogP contribution in [-0.4, -0.2) is 12.8 Å². The summed E-state index contributed by atoms with van der Waals surface area (Å²) in [7, 11) is 0. The highest BCUT2D eigenvalue weighted by molar-refractivity contribution is 5.63. The molecule has 0 atom stereocenters. The molecule has 92 valence electrons. The van der Waals surface area contributed by atoms with Gasteiger partial charge < -0.3 is 4.84 Å². The van der Waals surface area contributed by atoms with Crippen molar-refractivity contribution in [3.8, 4) is 0 Å². The molecule has 0 radical (unpaired) electrons. The fourth-order valence-electron chi connectivity index (χ4n) is 1.87. The molecule has 0 heterocycles. The smallest absolute Gasteiger partial charge is 0.138 e. The maximum absolute atomic E-state index is 5.34. The van der Waals surface area contributed by atoms with E-state index in [2.05, 4.69) is 45.9 Å². The molecule has 1 rings (SSSR count). The molecule has 0 aromatic heterocycles. The van der Waals surface area contributed by atoms with Gasteiger partial charge in [-0.1, -0.05) is 45.9 Å². The molecule has 1 aliphatic rings. The molecule has 0 aliphatic heterocycles. The van der Waals surface area contributed by atoms with E-state index in [4.69, 9.17) is 4.84 Å². The second kappa shape index (κ2) is 5.03. The summed E-state index contributed by atoms with van der Waals surface area (Å²) in [5.74, 6) is 0. The summed E-state index contributed by atoms with van der Waals surface area (Å²) in [5, 5.41) is 4.02. The van der Waals surface area contributed by atoms with Gasteiger partial charge in [-0.25, -0.2) is 0 Å². The van der Waals surface area contributed by atoms with Crippen molar-refractivity contribution in [1.82, 2.24) is 0 Å². The number of oxime groups is 1. The molecule has 0 N–H and O–H groups in total. The van der Waals surface area contributed by atoms with Gasteiger partial charge in [-0.2, -0.15) is 0 Å². The third-order valence-corrected chi connectivity index (χ3v) is 2.72. The summed E-state index contributed by atoms with van der Waals surface area (Å²) in [6.07, 6.45) is 7.76. The van der Waals surface area contributed by atoms with Crippen LogP contribution in [0.4, 0.5) is 0 Å². The summed E-state index contributed by atoms with van der Waals surface area (Å²) in [4.78, 5) is 5.34. The largest absolute Gasteiger partial charge is 0.392 e. The first-order chi connectivity index (χ1) is 7.29. The van der Waals surface area contributed by atoms with Crippen LogP contribution in [0.1, 0.15) is 53.9 Å². The van der Waals surface area contributed by atoms with Crippen LogP contribution in [0, 0.1) is 10.8 Å². The van der Waals surface area contributed by atoms with E-state index >= 15 is 0 Å². The first-order valence-electron chi connectivity index (χ1n) is 6.13. The summed E-state index contributed by atoms with van der Waals surface area (Å²) >= 11 is 0. The lowest BCUT2D eigenvalue weighted by molar-refractivity contribution is 0.155. The minimum Gasteiger partial charge on any atom is -0.392 e. The van der Waals surface area contributed by atoms with Crippen LogP contribution in [0.3, 0.4) is 0 Å². The molecule has 0 fully saturated rings. The van der Waals surface area contributed by atoms with Gasteiger partial charge in [0.1, 0.15) is 6.61 Å². The topological polar surface area (TPSA) is 21.6 Å². The van der Waals surface area contributed by atoms with E-state index in [1.54, 1.807) is 0 Å². The fraction of sp³-hybridized carbons (Fsp3) is 0.786. The molecule has 0 amide bonds. The quantitative estimate of drug-likeness (QED) is 0.400. The second-order valence-corrected chi connectivity index (χ2v) is 6.62. The molecule has 0 saturated carbocycles. The number of rotatable bonds is 3. The molecular formula is C14H25NO. The van der Waals surface area contributed by atoms with Crippen molar-refractivity contribution in [2.45, 2.75) is 53.9 Å². The van der Waals surface area contributed by atoms with Crippen LogP contribution < -0.4 is 0 Å². The monoisotopic (exact) mass is 223 g/mol. The molecule has 0 aromatic carbocycles. The molecule has 2 heteroatoms. The Hall–Kier alpha value is -0.790. The second-order valence-electron chi connectivity index (χ2n) is 6.62. The Morgan fingerprint density at radius 2 is 2.12 bits per heavy atom. The van der Waals surface area contributed by atoms with E-state index in [1.807, 2.05) is 6.21 Å². The molecular weight excluding hydrogens is 198 g/mol. The van der Waals surface area contributed by atoms with Crippen LogP contribution in [0.25, 0.3) is 0 Å². The van der Waals surface area contributed by atoms with Crippen molar-refractivity contribution < 1.29 is 4.84 Å². The van der Waals surface area contributed by atoms with E-state index in [1.165, 1.54) is 18.4 Å². The van der Waals surface area contributed by atoms with Gasteiger partial charge in [0.25, 0.3) is 0 Å². The Bertz CT molecular complexity index is 282. The van der Waals surface area contributed by atoms with Gasteiger partial charge in [0.05, 0.1) is 0 Å². The Kier molecular flexibility index (Phi) is 4.17. The zero-order valence-corrected chi connectivity index (χ0v) is 11.3. The lowest BCUT2D eigenvalue weighted by atomic mass is 9.77. The van der Waals surface area contributed by atoms with Crippen LogP contribution >= 0.6 is 0 Å². The van der Waals surface area contributed by atoms with Gasteiger partial charge in [0.15, 0.2) is 0 Å². The van der Waals surface area contributed by atoms with Gasteiger partial charge in [-0.3, -0.25) is 0 Å². The first-order valence-corrected chi connectivity index (χ1v) is 6.13. The fourth-order valence-corrected chi connectivity index (χ4v) is 1.87. The van der Waals surface area contributed by atoms with Gasteiger partial charge in [-0.15, -0.1) is 0 Å². The Morgan fingerprint density at radius 3 is 2.69 bits per heavy atom. The molecule has 16 heavy (non-hydrogen) atoms. The predicted molar refractivity (Wildman–Crippen MR) is 69.6 cm³/mol. The van der Waals surface area contributed by atoms with Crippen molar-refractivity contribution >= 4 is 6.21 Å². The molecule has 0 spiro atoms. The van der Waals surface area contributed by atoms with Gasteiger partial charge in [0, 0.05) is 11.6 Å². The molecule has 0 saturated heterocycles. The first kappa shape index (κ1) is 13.3. The lowest BCUT2D eigenvalue weighted by Gasteiger charge is -2.29. The number of hydrogen-bond acceptors (Lipinski definition) is 2. The standard InChI is InChI=1S/C14H25NO/c1-13(2,3)11-15-16-10-12-7-6-8-14(4,5)9-12/h7,11H,6,8-10H2,1-5H3. The minimum absolute atomic E-state index is 0.0974. The highest BCUT2D eigenvalue weighted by Crippen LogP contribution is 2.35. The highest BCUT2D eigenvalue weighted by atomic mass is 16.6. The van der Waals surface area contributed by atoms with Crippen molar-refractivity contribution in [3.63, 3.8) is 0 Å². The van der Waals surface area contributed by atoms with E-state index < -0.39 is 0 Å². The maximum atomic E-state index is 5.34. The van der Waals surface area contributed by atoms with E-state index in [0.717, 1.165) is 6.42 Å². The molecule has 0 aromatic rings. The average Bonchev–Trinajstić information content (AvgIpc) is 2.09. The van der Waals surface area contributed by atoms with Crippen molar-refractivity contribution in [3.05, 3.63) is 11.6 Å². The average molecular weight is 223 g/mol. The zero-order valence-electron chi connectivity index (χ0n) is 11.3. The number of hydrogen-bond donors (Lipinski definition) is 0. The van der Waals surface area contributed by atoms with Crippen molar-refractivity contribution in [2.24, 2.45) is 16.0 Å². The Morgan fingerprint density at radius 1 is 1.44 bits per heavy atom. The van der Waals surface area contributed by atoms with Crippen LogP contribution in [-0.2, 0) is 4.84 Å². The Balaban J connectivity index is 2.34. The van der Waals surface area contributed by atoms with Gasteiger partial charge in [0.2, 0.25) is 0 Å². The molecule has 1 aliphatic carbocycles. The van der Waals surface area contributed by atoms with Crippen molar-refractivity contribution in [2.75, 3.05) is 6.61 Å². The normalized spacial score (nSPS) is 20.9. The Labute approximate surface area is 99.8 Å². The van der Waals surface area contributed by atoms with E-state index in [9.17, 15) is 0 Å². The van der Waals surface area contributed by atoms with Crippen LogP contribution in [0.5, 0.6) is 0 Å². The minimum atomic E-state index is 0.0974. The molecule has 0 unspecified atom stereocenters. The molecule has 2 nitrogen and oxygen atoms in total. The summed E-state index contributed by atoms with van der Waals surface area (Å²) in [6, 6.07) is 0. The summed E-state index contributed by atoms with van der Waals surface area (Å²) in [5.41, 5.74) is 1.92. The third kappa shape index (κ3) is 5.34. The number of allylic oxidation sites excluding steroid dienone is 1. The lowest BCUT2D eigenvalue weighted by Crippen LogP contribution is -2.17. The predicted octanol–water partition coefficient (Wildman–Crippen LogP) is 4.17. The van der Waals surface area contributed by atoms with Crippen LogP contribution in [0.2, 0.25) is 0 Å². The summed E-state index contributed by atoms with van der Waals surface area (Å²) < 4.78 is 0. The van der Waals surface area contributed by atoms with E-state index in [-0.39, 0.29) is 5.41 Å². The summed E-state index contributed by atoms with van der Waals surface area (Å²) in [6.45, 7) is 11.6. The van der Waals surface area contributed by atoms with E-state index in [0.29, 0.717) is 12.0 Å². The zero-order chi connectivity index (χ0) is 12.2. The van der Waals surface area contributed by atoms with Gasteiger partial charge in [-0.05, 0) is 30.3 Å². The molecule has 0 bridgehead atoms.